The number of rotatable bonds is 5. The molecule has 0 saturated heterocycles. The van der Waals surface area contributed by atoms with Crippen LogP contribution in [0.4, 0.5) is 5.13 Å². The third-order valence-corrected chi connectivity index (χ3v) is 5.82. The van der Waals surface area contributed by atoms with Crippen molar-refractivity contribution >= 4 is 27.8 Å². The molecule has 0 aliphatic carbocycles. The fourth-order valence-corrected chi connectivity index (χ4v) is 4.45. The van der Waals surface area contributed by atoms with E-state index in [-0.39, 0.29) is 0 Å². The Morgan fingerprint density at radius 2 is 1.59 bits per heavy atom. The van der Waals surface area contributed by atoms with Crippen molar-refractivity contribution in [2.45, 2.75) is 0 Å². The molecule has 4 rings (SSSR count). The van der Waals surface area contributed by atoms with Crippen molar-refractivity contribution in [1.82, 2.24) is 9.97 Å². The van der Waals surface area contributed by atoms with E-state index in [1.54, 1.807) is 25.6 Å². The molecular formula is C20H17N3O2S2. The van der Waals surface area contributed by atoms with E-state index in [4.69, 9.17) is 20.2 Å². The summed E-state index contributed by atoms with van der Waals surface area (Å²) in [6.07, 6.45) is 0. The predicted octanol–water partition coefficient (Wildman–Crippen LogP) is 5.20. The molecule has 2 heterocycles. The second-order valence-corrected chi connectivity index (χ2v) is 7.62. The van der Waals surface area contributed by atoms with Crippen LogP contribution in [0, 0.1) is 0 Å². The minimum atomic E-state index is 0.498. The molecule has 0 aliphatic heterocycles. The first-order chi connectivity index (χ1) is 13.2. The van der Waals surface area contributed by atoms with Crippen molar-refractivity contribution in [3.8, 4) is 43.9 Å². The van der Waals surface area contributed by atoms with Gasteiger partial charge in [-0.3, -0.25) is 0 Å². The van der Waals surface area contributed by atoms with Gasteiger partial charge in [0.05, 0.1) is 24.8 Å². The summed E-state index contributed by atoms with van der Waals surface area (Å²) in [7, 11) is 3.26. The van der Waals surface area contributed by atoms with Crippen LogP contribution < -0.4 is 15.2 Å². The molecule has 7 heteroatoms. The lowest BCUT2D eigenvalue weighted by Crippen LogP contribution is -1.89. The van der Waals surface area contributed by atoms with Gasteiger partial charge >= 0.3 is 0 Å². The molecule has 0 atom stereocenters. The van der Waals surface area contributed by atoms with Gasteiger partial charge < -0.3 is 15.2 Å². The van der Waals surface area contributed by atoms with Crippen molar-refractivity contribution in [1.29, 1.82) is 0 Å². The third-order valence-electron chi connectivity index (χ3n) is 4.03. The lowest BCUT2D eigenvalue weighted by atomic mass is 10.1. The van der Waals surface area contributed by atoms with E-state index in [0.29, 0.717) is 16.6 Å². The van der Waals surface area contributed by atoms with Crippen LogP contribution in [-0.2, 0) is 0 Å². The van der Waals surface area contributed by atoms with Crippen molar-refractivity contribution in [3.63, 3.8) is 0 Å². The normalized spacial score (nSPS) is 10.7. The molecule has 0 fully saturated rings. The number of methoxy groups -OCH3 is 2. The smallest absolute Gasteiger partial charge is 0.181 e. The highest BCUT2D eigenvalue weighted by molar-refractivity contribution is 7.20. The highest BCUT2D eigenvalue weighted by Gasteiger charge is 2.18. The topological polar surface area (TPSA) is 70.3 Å². The van der Waals surface area contributed by atoms with Crippen molar-refractivity contribution in [2.75, 3.05) is 20.0 Å². The van der Waals surface area contributed by atoms with Gasteiger partial charge in [-0.15, -0.1) is 11.3 Å². The maximum absolute atomic E-state index is 6.03. The first-order valence-electron chi connectivity index (χ1n) is 8.19. The maximum Gasteiger partial charge on any atom is 0.181 e. The summed E-state index contributed by atoms with van der Waals surface area (Å²) in [6, 6.07) is 15.8. The fraction of sp³-hybridized carbons (Fsp3) is 0.100. The Kier molecular flexibility index (Phi) is 4.79. The van der Waals surface area contributed by atoms with Gasteiger partial charge in [-0.1, -0.05) is 41.7 Å². The number of hydrogen-bond acceptors (Lipinski definition) is 7. The van der Waals surface area contributed by atoms with Gasteiger partial charge in [0.2, 0.25) is 0 Å². The van der Waals surface area contributed by atoms with Crippen LogP contribution in [0.25, 0.3) is 32.4 Å². The van der Waals surface area contributed by atoms with Crippen LogP contribution in [0.1, 0.15) is 0 Å². The van der Waals surface area contributed by atoms with Gasteiger partial charge in [-0.25, -0.2) is 9.97 Å². The van der Waals surface area contributed by atoms with Crippen molar-refractivity contribution < 1.29 is 9.47 Å². The molecule has 0 bridgehead atoms. The van der Waals surface area contributed by atoms with Crippen molar-refractivity contribution in [3.05, 3.63) is 53.9 Å². The van der Waals surface area contributed by atoms with Crippen LogP contribution in [0.15, 0.2) is 53.9 Å². The first-order valence-corrected chi connectivity index (χ1v) is 9.88. The molecule has 0 unspecified atom stereocenters. The van der Waals surface area contributed by atoms with Crippen LogP contribution in [0.2, 0.25) is 0 Å². The summed E-state index contributed by atoms with van der Waals surface area (Å²) in [5.74, 6) is 1.43. The van der Waals surface area contributed by atoms with E-state index in [0.717, 1.165) is 32.4 Å². The molecular weight excluding hydrogens is 378 g/mol. The second kappa shape index (κ2) is 7.38. The number of ether oxygens (including phenoxy) is 2. The van der Waals surface area contributed by atoms with Gasteiger partial charge in [0.15, 0.2) is 5.13 Å². The standard InChI is InChI=1S/C20H17N3O2S2/c1-24-14-8-13(9-15(10-14)25-2)18-17(23-20(21)27-18)19-22-16(11-26-19)12-6-4-3-5-7-12/h3-11H,1-2H3,(H2,21,23). The zero-order valence-corrected chi connectivity index (χ0v) is 16.4. The molecule has 0 radical (unpaired) electrons. The predicted molar refractivity (Wildman–Crippen MR) is 112 cm³/mol. The van der Waals surface area contributed by atoms with E-state index in [9.17, 15) is 0 Å². The Labute approximate surface area is 165 Å². The molecule has 2 aromatic heterocycles. The number of nitrogens with two attached hydrogens (primary N) is 1. The lowest BCUT2D eigenvalue weighted by molar-refractivity contribution is 0.394. The third kappa shape index (κ3) is 3.51. The minimum absolute atomic E-state index is 0.498. The van der Waals surface area contributed by atoms with Crippen LogP contribution in [0.5, 0.6) is 11.5 Å². The monoisotopic (exact) mass is 395 g/mol. The Bertz CT molecular complexity index is 1050. The van der Waals surface area contributed by atoms with E-state index in [2.05, 4.69) is 4.98 Å². The second-order valence-electron chi connectivity index (χ2n) is 5.74. The minimum Gasteiger partial charge on any atom is -0.497 e. The molecule has 2 N–H and O–H groups in total. The molecule has 0 spiro atoms. The maximum atomic E-state index is 6.03. The van der Waals surface area contributed by atoms with Crippen LogP contribution >= 0.6 is 22.7 Å². The van der Waals surface area contributed by atoms with E-state index >= 15 is 0 Å². The fourth-order valence-electron chi connectivity index (χ4n) is 2.74. The molecule has 0 amide bonds. The molecule has 0 saturated carbocycles. The summed E-state index contributed by atoms with van der Waals surface area (Å²) in [5.41, 5.74) is 9.75. The first kappa shape index (κ1) is 17.5. The largest absolute Gasteiger partial charge is 0.497 e. The van der Waals surface area contributed by atoms with E-state index < -0.39 is 0 Å². The number of nitrogen functional groups attached to an aromatic ring is 1. The molecule has 4 aromatic rings. The number of benzene rings is 2. The number of aromatic nitrogens is 2. The Balaban J connectivity index is 1.80. The van der Waals surface area contributed by atoms with Crippen LogP contribution in [0.3, 0.4) is 0 Å². The van der Waals surface area contributed by atoms with Gasteiger partial charge in [0.1, 0.15) is 22.2 Å². The molecule has 0 aliphatic rings. The summed E-state index contributed by atoms with van der Waals surface area (Å²) >= 11 is 2.98. The van der Waals surface area contributed by atoms with Gasteiger partial charge in [0.25, 0.3) is 0 Å². The van der Waals surface area contributed by atoms with Gasteiger partial charge in [-0.2, -0.15) is 0 Å². The summed E-state index contributed by atoms with van der Waals surface area (Å²) in [5, 5.41) is 3.37. The Morgan fingerprint density at radius 3 is 2.26 bits per heavy atom. The summed E-state index contributed by atoms with van der Waals surface area (Å²) in [6.45, 7) is 0. The highest BCUT2D eigenvalue weighted by atomic mass is 32.1. The van der Waals surface area contributed by atoms with E-state index in [1.165, 1.54) is 11.3 Å². The lowest BCUT2D eigenvalue weighted by Gasteiger charge is -2.08. The average Bonchev–Trinajstić information content (AvgIpc) is 3.35. The van der Waals surface area contributed by atoms with Gasteiger partial charge in [-0.05, 0) is 12.1 Å². The van der Waals surface area contributed by atoms with Crippen LogP contribution in [-0.4, -0.2) is 24.2 Å². The SMILES string of the molecule is COc1cc(OC)cc(-c2sc(N)nc2-c2nc(-c3ccccc3)cs2)c1. The molecule has 27 heavy (non-hydrogen) atoms. The quantitative estimate of drug-likeness (QED) is 0.503. The average molecular weight is 396 g/mol. The zero-order valence-electron chi connectivity index (χ0n) is 14.8. The zero-order chi connectivity index (χ0) is 18.8. The molecule has 2 aromatic carbocycles. The summed E-state index contributed by atoms with van der Waals surface area (Å²) < 4.78 is 10.8. The number of hydrogen-bond donors (Lipinski definition) is 1. The number of anilines is 1. The Hall–Kier alpha value is -2.90. The van der Waals surface area contributed by atoms with Crippen molar-refractivity contribution in [2.24, 2.45) is 0 Å². The highest BCUT2D eigenvalue weighted by Crippen LogP contribution is 2.42. The number of thiazole rings is 2. The molecule has 136 valence electrons. The van der Waals surface area contributed by atoms with E-state index in [1.807, 2.05) is 53.9 Å². The summed E-state index contributed by atoms with van der Waals surface area (Å²) in [4.78, 5) is 10.3. The molecule has 5 nitrogen and oxygen atoms in total. The van der Waals surface area contributed by atoms with Gasteiger partial charge in [0, 0.05) is 22.6 Å². The number of nitrogens with zero attached hydrogens (tertiary/aromatic N) is 2. The Morgan fingerprint density at radius 1 is 0.889 bits per heavy atom.